The molecule has 1 heterocycles. The van der Waals surface area contributed by atoms with E-state index in [1.165, 1.54) is 0 Å². The Kier molecular flexibility index (Phi) is 3.83. The van der Waals surface area contributed by atoms with Gasteiger partial charge in [0.25, 0.3) is 0 Å². The molecule has 0 aromatic heterocycles. The molecule has 78 valence electrons. The van der Waals surface area contributed by atoms with Crippen molar-refractivity contribution < 1.29 is 9.53 Å². The summed E-state index contributed by atoms with van der Waals surface area (Å²) in [6.45, 7) is 2.04. The molecule has 14 heavy (non-hydrogen) atoms. The van der Waals surface area contributed by atoms with Gasteiger partial charge in [-0.25, -0.2) is 0 Å². The van der Waals surface area contributed by atoms with E-state index in [1.54, 1.807) is 0 Å². The third-order valence-corrected chi connectivity index (χ3v) is 2.11. The van der Waals surface area contributed by atoms with Gasteiger partial charge < -0.3 is 16.2 Å². The van der Waals surface area contributed by atoms with Gasteiger partial charge in [0, 0.05) is 19.6 Å². The van der Waals surface area contributed by atoms with Gasteiger partial charge >= 0.3 is 0 Å². The first-order valence-corrected chi connectivity index (χ1v) is 4.42. The molecule has 1 amide bonds. The lowest BCUT2D eigenvalue weighted by atomic mass is 10.2. The van der Waals surface area contributed by atoms with Crippen LogP contribution in [0.5, 0.6) is 0 Å². The number of ether oxygens (including phenoxy) is 1. The molecule has 2 atom stereocenters. The highest BCUT2D eigenvalue weighted by Gasteiger charge is 2.22. The standard InChI is InChI=1S/C8H14N4O2/c9-3-6-4-12(1-2-14-6)5-7(10)8(11)13/h6-7H,1-2,4-5,10H2,(H2,11,13). The van der Waals surface area contributed by atoms with E-state index in [0.29, 0.717) is 26.2 Å². The molecule has 1 rings (SSSR count). The summed E-state index contributed by atoms with van der Waals surface area (Å²) in [6.07, 6.45) is -0.427. The summed E-state index contributed by atoms with van der Waals surface area (Å²) in [4.78, 5) is 12.6. The maximum Gasteiger partial charge on any atom is 0.235 e. The average molecular weight is 198 g/mol. The number of morpholine rings is 1. The highest BCUT2D eigenvalue weighted by Crippen LogP contribution is 2.04. The van der Waals surface area contributed by atoms with Crippen molar-refractivity contribution in [3.63, 3.8) is 0 Å². The Labute approximate surface area is 82.4 Å². The largest absolute Gasteiger partial charge is 0.368 e. The normalized spacial score (nSPS) is 25.3. The Hall–Kier alpha value is -1.16. The summed E-state index contributed by atoms with van der Waals surface area (Å²) in [5.41, 5.74) is 10.5. The monoisotopic (exact) mass is 198 g/mol. The predicted octanol–water partition coefficient (Wildman–Crippen LogP) is -1.98. The van der Waals surface area contributed by atoms with Gasteiger partial charge in [-0.2, -0.15) is 5.26 Å². The van der Waals surface area contributed by atoms with E-state index in [9.17, 15) is 4.79 Å². The van der Waals surface area contributed by atoms with Crippen LogP contribution in [0.15, 0.2) is 0 Å². The highest BCUT2D eigenvalue weighted by atomic mass is 16.5. The third kappa shape index (κ3) is 2.96. The van der Waals surface area contributed by atoms with Gasteiger partial charge in [0.05, 0.1) is 18.7 Å². The van der Waals surface area contributed by atoms with Crippen LogP contribution < -0.4 is 11.5 Å². The van der Waals surface area contributed by atoms with Crippen LogP contribution in [-0.2, 0) is 9.53 Å². The van der Waals surface area contributed by atoms with Crippen molar-refractivity contribution in [3.8, 4) is 6.07 Å². The lowest BCUT2D eigenvalue weighted by molar-refractivity contribution is -0.120. The maximum atomic E-state index is 10.7. The molecule has 0 aromatic carbocycles. The number of carbonyl (C=O) groups is 1. The van der Waals surface area contributed by atoms with Gasteiger partial charge in [0.1, 0.15) is 0 Å². The van der Waals surface area contributed by atoms with Crippen molar-refractivity contribution in [2.24, 2.45) is 11.5 Å². The topological polar surface area (TPSA) is 105 Å². The summed E-state index contributed by atoms with van der Waals surface area (Å²) in [5.74, 6) is -0.523. The molecule has 1 fully saturated rings. The van der Waals surface area contributed by atoms with Crippen LogP contribution in [0.2, 0.25) is 0 Å². The zero-order chi connectivity index (χ0) is 10.6. The summed E-state index contributed by atoms with van der Waals surface area (Å²) < 4.78 is 5.14. The molecule has 0 spiro atoms. The van der Waals surface area contributed by atoms with Crippen molar-refractivity contribution in [1.82, 2.24) is 4.90 Å². The Morgan fingerprint density at radius 3 is 3.07 bits per heavy atom. The number of nitrogens with zero attached hydrogens (tertiary/aromatic N) is 2. The smallest absolute Gasteiger partial charge is 0.235 e. The fraction of sp³-hybridized carbons (Fsp3) is 0.750. The van der Waals surface area contributed by atoms with Crippen molar-refractivity contribution >= 4 is 5.91 Å². The molecule has 1 saturated heterocycles. The summed E-state index contributed by atoms with van der Waals surface area (Å²) in [7, 11) is 0. The summed E-state index contributed by atoms with van der Waals surface area (Å²) in [6, 6.07) is 1.34. The second-order valence-electron chi connectivity index (χ2n) is 3.26. The number of amides is 1. The lowest BCUT2D eigenvalue weighted by Crippen LogP contribution is -2.51. The average Bonchev–Trinajstić information content (AvgIpc) is 2.18. The molecule has 6 heteroatoms. The molecule has 0 radical (unpaired) electrons. The fourth-order valence-electron chi connectivity index (χ4n) is 1.31. The number of rotatable bonds is 3. The maximum absolute atomic E-state index is 10.7. The number of carbonyl (C=O) groups excluding carboxylic acids is 1. The van der Waals surface area contributed by atoms with E-state index in [0.717, 1.165) is 0 Å². The Bertz CT molecular complexity index is 250. The van der Waals surface area contributed by atoms with Crippen LogP contribution in [0.3, 0.4) is 0 Å². The number of nitriles is 1. The van der Waals surface area contributed by atoms with Crippen LogP contribution in [0.4, 0.5) is 0 Å². The molecule has 4 N–H and O–H groups in total. The highest BCUT2D eigenvalue weighted by molar-refractivity contribution is 5.79. The van der Waals surface area contributed by atoms with Gasteiger partial charge in [-0.3, -0.25) is 9.69 Å². The summed E-state index contributed by atoms with van der Waals surface area (Å²) in [5, 5.41) is 8.63. The van der Waals surface area contributed by atoms with Gasteiger partial charge in [-0.05, 0) is 0 Å². The van der Waals surface area contributed by atoms with E-state index in [-0.39, 0.29) is 0 Å². The van der Waals surface area contributed by atoms with Crippen molar-refractivity contribution in [1.29, 1.82) is 5.26 Å². The molecule has 0 saturated carbocycles. The van der Waals surface area contributed by atoms with Crippen LogP contribution in [0.25, 0.3) is 0 Å². The van der Waals surface area contributed by atoms with Crippen LogP contribution >= 0.6 is 0 Å². The molecule has 1 aliphatic rings. The lowest BCUT2D eigenvalue weighted by Gasteiger charge is -2.30. The van der Waals surface area contributed by atoms with Gasteiger partial charge in [0.15, 0.2) is 6.10 Å². The molecule has 6 nitrogen and oxygen atoms in total. The van der Waals surface area contributed by atoms with Gasteiger partial charge in [0.2, 0.25) is 5.91 Å². The zero-order valence-electron chi connectivity index (χ0n) is 7.85. The molecule has 1 aliphatic heterocycles. The quantitative estimate of drug-likeness (QED) is 0.547. The van der Waals surface area contributed by atoms with Crippen molar-refractivity contribution in [2.45, 2.75) is 12.1 Å². The second-order valence-corrected chi connectivity index (χ2v) is 3.26. The van der Waals surface area contributed by atoms with E-state index < -0.39 is 18.1 Å². The van der Waals surface area contributed by atoms with Crippen LogP contribution in [-0.4, -0.2) is 49.2 Å². The Morgan fingerprint density at radius 2 is 2.50 bits per heavy atom. The number of primary amides is 1. The zero-order valence-corrected chi connectivity index (χ0v) is 7.85. The van der Waals surface area contributed by atoms with Gasteiger partial charge in [-0.1, -0.05) is 0 Å². The Morgan fingerprint density at radius 1 is 1.79 bits per heavy atom. The van der Waals surface area contributed by atoms with E-state index in [2.05, 4.69) is 0 Å². The van der Waals surface area contributed by atoms with Crippen molar-refractivity contribution in [2.75, 3.05) is 26.2 Å². The number of nitrogens with two attached hydrogens (primary N) is 2. The van der Waals surface area contributed by atoms with Gasteiger partial charge in [-0.15, -0.1) is 0 Å². The van der Waals surface area contributed by atoms with E-state index in [1.807, 2.05) is 11.0 Å². The Balaban J connectivity index is 2.38. The molecule has 0 bridgehead atoms. The minimum absolute atomic E-state index is 0.386. The third-order valence-electron chi connectivity index (χ3n) is 2.11. The molecule has 0 aromatic rings. The SMILES string of the molecule is N#CC1CN(CC(N)C(N)=O)CCO1. The number of hydrogen-bond donors (Lipinski definition) is 2. The fourth-order valence-corrected chi connectivity index (χ4v) is 1.31. The van der Waals surface area contributed by atoms with E-state index >= 15 is 0 Å². The number of hydrogen-bond acceptors (Lipinski definition) is 5. The first-order valence-electron chi connectivity index (χ1n) is 4.42. The molecular weight excluding hydrogens is 184 g/mol. The molecular formula is C8H14N4O2. The van der Waals surface area contributed by atoms with Crippen molar-refractivity contribution in [3.05, 3.63) is 0 Å². The minimum atomic E-state index is -0.674. The van der Waals surface area contributed by atoms with Crippen LogP contribution in [0.1, 0.15) is 0 Å². The van der Waals surface area contributed by atoms with Crippen LogP contribution in [0, 0.1) is 11.3 Å². The van der Waals surface area contributed by atoms with E-state index in [4.69, 9.17) is 21.5 Å². The summed E-state index contributed by atoms with van der Waals surface area (Å²) >= 11 is 0. The predicted molar refractivity (Wildman–Crippen MR) is 49.0 cm³/mol. The second kappa shape index (κ2) is 4.91. The molecule has 2 unspecified atom stereocenters. The minimum Gasteiger partial charge on any atom is -0.368 e. The first-order chi connectivity index (χ1) is 6.63. The first kappa shape index (κ1) is 10.9. The molecule has 0 aliphatic carbocycles.